The summed E-state index contributed by atoms with van der Waals surface area (Å²) in [5.41, 5.74) is -0.176. The van der Waals surface area contributed by atoms with E-state index in [1.54, 1.807) is 0 Å². The van der Waals surface area contributed by atoms with E-state index in [2.05, 4.69) is 25.9 Å². The molecule has 0 saturated heterocycles. The van der Waals surface area contributed by atoms with Gasteiger partial charge in [-0.2, -0.15) is 0 Å². The van der Waals surface area contributed by atoms with E-state index in [4.69, 9.17) is 4.74 Å². The van der Waals surface area contributed by atoms with Gasteiger partial charge in [-0.25, -0.2) is 0 Å². The van der Waals surface area contributed by atoms with Crippen LogP contribution in [0.5, 0.6) is 0 Å². The van der Waals surface area contributed by atoms with Crippen molar-refractivity contribution in [3.8, 4) is 0 Å². The van der Waals surface area contributed by atoms with Crippen LogP contribution in [0.2, 0.25) is 0 Å². The Bertz CT molecular complexity index is 450. The van der Waals surface area contributed by atoms with Gasteiger partial charge < -0.3 is 9.64 Å². The number of carbonyl (C=O) groups excluding carboxylic acids is 1. The van der Waals surface area contributed by atoms with E-state index in [0.29, 0.717) is 12.5 Å². The maximum Gasteiger partial charge on any atom is 0.306 e. The maximum absolute atomic E-state index is 12.0. The molecule has 0 aliphatic heterocycles. The van der Waals surface area contributed by atoms with Crippen molar-refractivity contribution < 1.29 is 9.53 Å². The lowest BCUT2D eigenvalue weighted by Crippen LogP contribution is -2.30. The lowest BCUT2D eigenvalue weighted by atomic mass is 10.0. The SMILES string of the molecule is CCCCCCCCCCCCCCCCCCCCC1(OC(=O)CCC)CC1N(C)C. The molecule has 0 aromatic heterocycles. The number of rotatable bonds is 23. The molecular formula is C29H57NO2. The van der Waals surface area contributed by atoms with Crippen molar-refractivity contribution in [1.82, 2.24) is 4.90 Å². The number of esters is 1. The van der Waals surface area contributed by atoms with Crippen LogP contribution in [0.1, 0.15) is 155 Å². The Labute approximate surface area is 201 Å². The standard InChI is InChI=1S/C29H57NO2/c1-5-7-8-9-10-11-12-13-14-15-16-17-18-19-20-21-22-23-25-29(26-27(29)30(3)4)32-28(31)24-6-2/h27H,5-26H2,1-4H3. The smallest absolute Gasteiger partial charge is 0.306 e. The molecule has 1 rings (SSSR count). The Hall–Kier alpha value is -0.570. The van der Waals surface area contributed by atoms with Crippen molar-refractivity contribution in [3.05, 3.63) is 0 Å². The second kappa shape index (κ2) is 18.8. The Morgan fingerprint density at radius 1 is 0.688 bits per heavy atom. The van der Waals surface area contributed by atoms with E-state index in [0.717, 1.165) is 19.3 Å². The molecule has 0 amide bonds. The number of ether oxygens (including phenoxy) is 1. The molecule has 32 heavy (non-hydrogen) atoms. The number of carbonyl (C=O) groups is 1. The van der Waals surface area contributed by atoms with Crippen molar-refractivity contribution >= 4 is 5.97 Å². The molecule has 1 fully saturated rings. The summed E-state index contributed by atoms with van der Waals surface area (Å²) in [6.45, 7) is 4.34. The fraction of sp³-hybridized carbons (Fsp3) is 0.966. The highest BCUT2D eigenvalue weighted by Crippen LogP contribution is 2.47. The first kappa shape index (κ1) is 29.5. The van der Waals surface area contributed by atoms with E-state index < -0.39 is 0 Å². The average Bonchev–Trinajstić information content (AvgIpc) is 3.47. The number of unbranched alkanes of at least 4 members (excludes halogenated alkanes) is 17. The van der Waals surface area contributed by atoms with Gasteiger partial charge in [-0.15, -0.1) is 0 Å². The van der Waals surface area contributed by atoms with Crippen LogP contribution in [0.4, 0.5) is 0 Å². The largest absolute Gasteiger partial charge is 0.457 e. The van der Waals surface area contributed by atoms with Crippen molar-refractivity contribution in [2.75, 3.05) is 14.1 Å². The van der Waals surface area contributed by atoms with Gasteiger partial charge in [0.05, 0.1) is 6.04 Å². The predicted octanol–water partition coefficient (Wildman–Crippen LogP) is 8.83. The van der Waals surface area contributed by atoms with Gasteiger partial charge in [0.1, 0.15) is 5.60 Å². The quantitative estimate of drug-likeness (QED) is 0.115. The molecule has 2 atom stereocenters. The molecule has 1 aliphatic rings. The van der Waals surface area contributed by atoms with E-state index in [9.17, 15) is 4.79 Å². The zero-order valence-electron chi connectivity index (χ0n) is 22.4. The zero-order chi connectivity index (χ0) is 23.5. The van der Waals surface area contributed by atoms with Crippen molar-refractivity contribution in [1.29, 1.82) is 0 Å². The van der Waals surface area contributed by atoms with Crippen LogP contribution in [-0.4, -0.2) is 36.6 Å². The van der Waals surface area contributed by atoms with Crippen molar-refractivity contribution in [2.45, 2.75) is 167 Å². The maximum atomic E-state index is 12.0. The first-order valence-electron chi connectivity index (χ1n) is 14.4. The van der Waals surface area contributed by atoms with Crippen LogP contribution in [0.3, 0.4) is 0 Å². The van der Waals surface area contributed by atoms with Crippen LogP contribution in [0.25, 0.3) is 0 Å². The summed E-state index contributed by atoms with van der Waals surface area (Å²) in [6, 6.07) is 0.425. The molecule has 0 spiro atoms. The summed E-state index contributed by atoms with van der Waals surface area (Å²) in [7, 11) is 4.21. The van der Waals surface area contributed by atoms with Gasteiger partial charge in [-0.1, -0.05) is 123 Å². The minimum Gasteiger partial charge on any atom is -0.457 e. The van der Waals surface area contributed by atoms with E-state index in [1.807, 2.05) is 6.92 Å². The first-order chi connectivity index (χ1) is 15.6. The molecule has 0 radical (unpaired) electrons. The molecule has 0 bridgehead atoms. The average molecular weight is 452 g/mol. The molecule has 1 aliphatic carbocycles. The van der Waals surface area contributed by atoms with Gasteiger partial charge in [-0.05, 0) is 33.4 Å². The Kier molecular flexibility index (Phi) is 17.3. The summed E-state index contributed by atoms with van der Waals surface area (Å²) in [5, 5.41) is 0. The minimum atomic E-state index is -0.176. The third-order valence-corrected chi connectivity index (χ3v) is 7.33. The van der Waals surface area contributed by atoms with Gasteiger partial charge in [0, 0.05) is 12.8 Å². The van der Waals surface area contributed by atoms with Gasteiger partial charge in [0.2, 0.25) is 0 Å². The third-order valence-electron chi connectivity index (χ3n) is 7.33. The Morgan fingerprint density at radius 2 is 1.09 bits per heavy atom. The van der Waals surface area contributed by atoms with Crippen LogP contribution < -0.4 is 0 Å². The van der Waals surface area contributed by atoms with Crippen molar-refractivity contribution in [3.63, 3.8) is 0 Å². The molecule has 0 aromatic carbocycles. The first-order valence-corrected chi connectivity index (χ1v) is 14.4. The Balaban J connectivity index is 1.89. The van der Waals surface area contributed by atoms with Crippen LogP contribution in [-0.2, 0) is 9.53 Å². The number of hydrogen-bond acceptors (Lipinski definition) is 3. The van der Waals surface area contributed by atoms with Gasteiger partial charge in [-0.3, -0.25) is 4.79 Å². The van der Waals surface area contributed by atoms with E-state index >= 15 is 0 Å². The summed E-state index contributed by atoms with van der Waals surface area (Å²) in [5.74, 6) is -0.000686. The molecule has 190 valence electrons. The van der Waals surface area contributed by atoms with Crippen LogP contribution in [0, 0.1) is 0 Å². The van der Waals surface area contributed by atoms with Crippen LogP contribution in [0.15, 0.2) is 0 Å². The molecule has 2 unspecified atom stereocenters. The summed E-state index contributed by atoms with van der Waals surface area (Å²) < 4.78 is 5.92. The van der Waals surface area contributed by atoms with Gasteiger partial charge in [0.25, 0.3) is 0 Å². The normalized spacial score (nSPS) is 20.1. The molecule has 0 aromatic rings. The molecule has 3 heteroatoms. The van der Waals surface area contributed by atoms with Crippen molar-refractivity contribution in [2.24, 2.45) is 0 Å². The monoisotopic (exact) mass is 451 g/mol. The lowest BCUT2D eigenvalue weighted by molar-refractivity contribution is -0.152. The molecule has 0 heterocycles. The minimum absolute atomic E-state index is 0.000686. The highest BCUT2D eigenvalue weighted by molar-refractivity contribution is 5.70. The second-order valence-corrected chi connectivity index (χ2v) is 10.7. The van der Waals surface area contributed by atoms with E-state index in [-0.39, 0.29) is 11.6 Å². The number of nitrogens with zero attached hydrogens (tertiary/aromatic N) is 1. The highest BCUT2D eigenvalue weighted by atomic mass is 16.6. The van der Waals surface area contributed by atoms with E-state index in [1.165, 1.54) is 116 Å². The zero-order valence-corrected chi connectivity index (χ0v) is 22.4. The molecular weight excluding hydrogens is 394 g/mol. The lowest BCUT2D eigenvalue weighted by Gasteiger charge is -2.21. The summed E-state index contributed by atoms with van der Waals surface area (Å²) in [6.07, 6.45) is 28.8. The third kappa shape index (κ3) is 13.9. The highest BCUT2D eigenvalue weighted by Gasteiger charge is 2.58. The van der Waals surface area contributed by atoms with Crippen LogP contribution >= 0.6 is 0 Å². The second-order valence-electron chi connectivity index (χ2n) is 10.7. The van der Waals surface area contributed by atoms with Gasteiger partial charge in [0.15, 0.2) is 0 Å². The number of hydrogen-bond donors (Lipinski definition) is 0. The molecule has 1 saturated carbocycles. The number of likely N-dealkylation sites (N-methyl/N-ethyl adjacent to an activating group) is 1. The fourth-order valence-corrected chi connectivity index (χ4v) is 5.16. The molecule has 3 nitrogen and oxygen atoms in total. The topological polar surface area (TPSA) is 29.5 Å². The molecule has 0 N–H and O–H groups in total. The summed E-state index contributed by atoms with van der Waals surface area (Å²) >= 11 is 0. The van der Waals surface area contributed by atoms with Gasteiger partial charge >= 0.3 is 5.97 Å². The Morgan fingerprint density at radius 3 is 1.44 bits per heavy atom. The fourth-order valence-electron chi connectivity index (χ4n) is 5.16. The summed E-state index contributed by atoms with van der Waals surface area (Å²) in [4.78, 5) is 14.2. The predicted molar refractivity (Wildman–Crippen MR) is 139 cm³/mol.